The van der Waals surface area contributed by atoms with E-state index in [2.05, 4.69) is 49.3 Å². The fourth-order valence-electron chi connectivity index (χ4n) is 2.22. The van der Waals surface area contributed by atoms with E-state index in [1.54, 1.807) is 0 Å². The number of para-hydroxylation sites is 1. The SMILES string of the molecule is CCc1cccc2c1NCCC(C)N2C. The van der Waals surface area contributed by atoms with Gasteiger partial charge in [0.2, 0.25) is 0 Å². The lowest BCUT2D eigenvalue weighted by Gasteiger charge is -2.26. The van der Waals surface area contributed by atoms with Gasteiger partial charge in [-0.3, -0.25) is 0 Å². The summed E-state index contributed by atoms with van der Waals surface area (Å²) in [6.07, 6.45) is 2.30. The number of rotatable bonds is 1. The van der Waals surface area contributed by atoms with Crippen molar-refractivity contribution >= 4 is 11.4 Å². The third-order valence-corrected chi connectivity index (χ3v) is 3.41. The van der Waals surface area contributed by atoms with Crippen molar-refractivity contribution in [3.05, 3.63) is 23.8 Å². The minimum atomic E-state index is 0.617. The molecular weight excluding hydrogens is 184 g/mol. The van der Waals surface area contributed by atoms with Crippen LogP contribution in [0.15, 0.2) is 18.2 Å². The second-order valence-electron chi connectivity index (χ2n) is 4.34. The number of hydrogen-bond acceptors (Lipinski definition) is 2. The third-order valence-electron chi connectivity index (χ3n) is 3.41. The van der Waals surface area contributed by atoms with Gasteiger partial charge in [-0.05, 0) is 31.4 Å². The highest BCUT2D eigenvalue weighted by Crippen LogP contribution is 2.32. The van der Waals surface area contributed by atoms with Gasteiger partial charge in [-0.1, -0.05) is 19.1 Å². The molecule has 1 unspecified atom stereocenters. The molecule has 15 heavy (non-hydrogen) atoms. The highest BCUT2D eigenvalue weighted by atomic mass is 15.2. The number of nitrogens with zero attached hydrogens (tertiary/aromatic N) is 1. The van der Waals surface area contributed by atoms with Gasteiger partial charge in [0.25, 0.3) is 0 Å². The number of fused-ring (bicyclic) bond motifs is 1. The Labute approximate surface area is 92.3 Å². The van der Waals surface area contributed by atoms with E-state index < -0.39 is 0 Å². The van der Waals surface area contributed by atoms with Gasteiger partial charge >= 0.3 is 0 Å². The molecule has 82 valence electrons. The van der Waals surface area contributed by atoms with Gasteiger partial charge < -0.3 is 10.2 Å². The summed E-state index contributed by atoms with van der Waals surface area (Å²) >= 11 is 0. The van der Waals surface area contributed by atoms with Crippen molar-refractivity contribution in [3.63, 3.8) is 0 Å². The topological polar surface area (TPSA) is 15.3 Å². The van der Waals surface area contributed by atoms with E-state index in [-0.39, 0.29) is 0 Å². The molecule has 0 radical (unpaired) electrons. The predicted octanol–water partition coefficient (Wildman–Crippen LogP) is 2.89. The molecule has 1 atom stereocenters. The lowest BCUT2D eigenvalue weighted by Crippen LogP contribution is -2.28. The van der Waals surface area contributed by atoms with Crippen molar-refractivity contribution in [1.82, 2.24) is 0 Å². The fourth-order valence-corrected chi connectivity index (χ4v) is 2.22. The maximum Gasteiger partial charge on any atom is 0.0610 e. The van der Waals surface area contributed by atoms with Crippen molar-refractivity contribution < 1.29 is 0 Å². The Hall–Kier alpha value is -1.18. The molecular formula is C13H20N2. The van der Waals surface area contributed by atoms with Crippen LogP contribution in [0.25, 0.3) is 0 Å². The molecule has 0 bridgehead atoms. The number of hydrogen-bond donors (Lipinski definition) is 1. The Morgan fingerprint density at radius 3 is 3.00 bits per heavy atom. The number of anilines is 2. The Morgan fingerprint density at radius 1 is 1.47 bits per heavy atom. The zero-order valence-corrected chi connectivity index (χ0v) is 9.88. The van der Waals surface area contributed by atoms with Crippen LogP contribution in [0.1, 0.15) is 25.8 Å². The van der Waals surface area contributed by atoms with Gasteiger partial charge in [0.05, 0.1) is 11.4 Å². The lowest BCUT2D eigenvalue weighted by molar-refractivity contribution is 0.657. The summed E-state index contributed by atoms with van der Waals surface area (Å²) in [6, 6.07) is 7.21. The van der Waals surface area contributed by atoms with Crippen molar-refractivity contribution in [3.8, 4) is 0 Å². The predicted molar refractivity (Wildman–Crippen MR) is 66.8 cm³/mol. The Morgan fingerprint density at radius 2 is 2.27 bits per heavy atom. The van der Waals surface area contributed by atoms with Crippen molar-refractivity contribution in [1.29, 1.82) is 0 Å². The Bertz CT molecular complexity index is 346. The van der Waals surface area contributed by atoms with E-state index in [1.807, 2.05) is 0 Å². The smallest absolute Gasteiger partial charge is 0.0610 e. The summed E-state index contributed by atoms with van der Waals surface area (Å²) in [5.74, 6) is 0. The summed E-state index contributed by atoms with van der Waals surface area (Å²) in [6.45, 7) is 5.58. The fraction of sp³-hybridized carbons (Fsp3) is 0.538. The first-order valence-corrected chi connectivity index (χ1v) is 5.82. The van der Waals surface area contributed by atoms with Gasteiger partial charge in [0.1, 0.15) is 0 Å². The molecule has 1 aliphatic rings. The van der Waals surface area contributed by atoms with Crippen LogP contribution in [0.3, 0.4) is 0 Å². The Balaban J connectivity index is 2.47. The largest absolute Gasteiger partial charge is 0.383 e. The van der Waals surface area contributed by atoms with Crippen LogP contribution in [0, 0.1) is 0 Å². The molecule has 0 aliphatic carbocycles. The first-order valence-electron chi connectivity index (χ1n) is 5.82. The minimum Gasteiger partial charge on any atom is -0.383 e. The van der Waals surface area contributed by atoms with Gasteiger partial charge in [-0.25, -0.2) is 0 Å². The van der Waals surface area contributed by atoms with Gasteiger partial charge in [-0.2, -0.15) is 0 Å². The quantitative estimate of drug-likeness (QED) is 0.756. The van der Waals surface area contributed by atoms with Crippen LogP contribution in [0.4, 0.5) is 11.4 Å². The number of benzene rings is 1. The maximum absolute atomic E-state index is 3.56. The molecule has 0 amide bonds. The van der Waals surface area contributed by atoms with E-state index in [4.69, 9.17) is 0 Å². The zero-order valence-electron chi connectivity index (χ0n) is 9.88. The van der Waals surface area contributed by atoms with Crippen LogP contribution >= 0.6 is 0 Å². The van der Waals surface area contributed by atoms with Gasteiger partial charge in [0.15, 0.2) is 0 Å². The third kappa shape index (κ3) is 1.81. The van der Waals surface area contributed by atoms with Gasteiger partial charge in [0, 0.05) is 19.6 Å². The molecule has 2 rings (SSSR count). The first kappa shape index (κ1) is 10.3. The number of nitrogens with one attached hydrogen (secondary N) is 1. The Kier molecular flexibility index (Phi) is 2.85. The van der Waals surface area contributed by atoms with Gasteiger partial charge in [-0.15, -0.1) is 0 Å². The molecule has 1 aromatic carbocycles. The summed E-state index contributed by atoms with van der Waals surface area (Å²) in [7, 11) is 2.19. The van der Waals surface area contributed by atoms with E-state index in [0.29, 0.717) is 6.04 Å². The van der Waals surface area contributed by atoms with E-state index in [1.165, 1.54) is 23.4 Å². The summed E-state index contributed by atoms with van der Waals surface area (Å²) in [4.78, 5) is 2.38. The molecule has 0 fully saturated rings. The molecule has 2 heteroatoms. The highest BCUT2D eigenvalue weighted by Gasteiger charge is 2.18. The summed E-state index contributed by atoms with van der Waals surface area (Å²) in [5, 5.41) is 3.56. The summed E-state index contributed by atoms with van der Waals surface area (Å²) in [5.41, 5.74) is 4.11. The van der Waals surface area contributed by atoms with Crippen LogP contribution in [0.2, 0.25) is 0 Å². The monoisotopic (exact) mass is 204 g/mol. The zero-order chi connectivity index (χ0) is 10.8. The molecule has 1 heterocycles. The van der Waals surface area contributed by atoms with Crippen molar-refractivity contribution in [2.24, 2.45) is 0 Å². The molecule has 0 aromatic heterocycles. The average molecular weight is 204 g/mol. The second-order valence-corrected chi connectivity index (χ2v) is 4.34. The molecule has 0 saturated heterocycles. The highest BCUT2D eigenvalue weighted by molar-refractivity contribution is 5.74. The van der Waals surface area contributed by atoms with Crippen LogP contribution in [-0.2, 0) is 6.42 Å². The van der Waals surface area contributed by atoms with Crippen LogP contribution in [-0.4, -0.2) is 19.6 Å². The van der Waals surface area contributed by atoms with Crippen molar-refractivity contribution in [2.75, 3.05) is 23.8 Å². The van der Waals surface area contributed by atoms with E-state index in [0.717, 1.165) is 13.0 Å². The van der Waals surface area contributed by atoms with Crippen molar-refractivity contribution in [2.45, 2.75) is 32.7 Å². The van der Waals surface area contributed by atoms with Crippen LogP contribution in [0.5, 0.6) is 0 Å². The van der Waals surface area contributed by atoms with E-state index >= 15 is 0 Å². The molecule has 2 nitrogen and oxygen atoms in total. The second kappa shape index (κ2) is 4.13. The summed E-state index contributed by atoms with van der Waals surface area (Å²) < 4.78 is 0. The first-order chi connectivity index (χ1) is 7.24. The molecule has 1 N–H and O–H groups in total. The van der Waals surface area contributed by atoms with Crippen LogP contribution < -0.4 is 10.2 Å². The normalized spacial score (nSPS) is 20.5. The minimum absolute atomic E-state index is 0.617. The lowest BCUT2D eigenvalue weighted by atomic mass is 10.1. The standard InChI is InChI=1S/C13H20N2/c1-4-11-6-5-7-12-13(11)14-9-8-10(2)15(12)3/h5-7,10,14H,4,8-9H2,1-3H3. The molecule has 1 aromatic rings. The number of aryl methyl sites for hydroxylation is 1. The molecule has 1 aliphatic heterocycles. The maximum atomic E-state index is 3.56. The average Bonchev–Trinajstić information content (AvgIpc) is 2.40. The van der Waals surface area contributed by atoms with E-state index in [9.17, 15) is 0 Å². The molecule has 0 saturated carbocycles. The molecule has 0 spiro atoms.